The molecule has 3 aromatic rings. The number of carbonyl (C=O) groups excluding carboxylic acids is 2. The number of methoxy groups -OCH3 is 1. The molecule has 3 aromatic carbocycles. The van der Waals surface area contributed by atoms with Crippen molar-refractivity contribution in [2.75, 3.05) is 12.0 Å². The zero-order valence-corrected chi connectivity index (χ0v) is 19.2. The molecule has 0 spiro atoms. The zero-order chi connectivity index (χ0) is 24.6. The average Bonchev–Trinajstić information content (AvgIpc) is 3.09. The monoisotopic (exact) mass is 531 g/mol. The molecule has 5 nitrogen and oxygen atoms in total. The van der Waals surface area contributed by atoms with Crippen LogP contribution in [-0.2, 0) is 15.8 Å². The van der Waals surface area contributed by atoms with Crippen LogP contribution in [0.3, 0.4) is 0 Å². The molecule has 1 saturated heterocycles. The normalized spacial score (nSPS) is 17.8. The number of aliphatic hydroxyl groups is 1. The Morgan fingerprint density at radius 2 is 1.65 bits per heavy atom. The average molecular weight is 532 g/mol. The Hall–Kier alpha value is -3.59. The third-order valence-electron chi connectivity index (χ3n) is 5.45. The summed E-state index contributed by atoms with van der Waals surface area (Å²) in [5, 5.41) is 11.1. The molecule has 0 saturated carbocycles. The molecule has 174 valence electrons. The molecule has 1 amide bonds. The first-order valence-corrected chi connectivity index (χ1v) is 10.8. The summed E-state index contributed by atoms with van der Waals surface area (Å²) in [6, 6.07) is 15.8. The molecular formula is C25H17BrF3NO4. The van der Waals surface area contributed by atoms with Crippen molar-refractivity contribution in [3.05, 3.63) is 99.5 Å². The number of aliphatic hydroxyl groups excluding tert-OH is 1. The van der Waals surface area contributed by atoms with Crippen molar-refractivity contribution in [2.45, 2.75) is 12.2 Å². The van der Waals surface area contributed by atoms with E-state index in [1.807, 2.05) is 0 Å². The number of halogens is 4. The molecule has 0 radical (unpaired) electrons. The highest BCUT2D eigenvalue weighted by Gasteiger charge is 2.47. The predicted octanol–water partition coefficient (Wildman–Crippen LogP) is 6.10. The summed E-state index contributed by atoms with van der Waals surface area (Å²) in [4.78, 5) is 27.2. The fourth-order valence-electron chi connectivity index (χ4n) is 3.80. The highest BCUT2D eigenvalue weighted by Crippen LogP contribution is 2.43. The van der Waals surface area contributed by atoms with Gasteiger partial charge in [0, 0.05) is 15.7 Å². The van der Waals surface area contributed by atoms with Gasteiger partial charge in [0.15, 0.2) is 0 Å². The molecule has 1 heterocycles. The number of carbonyl (C=O) groups is 2. The molecule has 1 aliphatic heterocycles. The molecule has 0 bridgehead atoms. The van der Waals surface area contributed by atoms with Crippen molar-refractivity contribution in [1.29, 1.82) is 0 Å². The maximum Gasteiger partial charge on any atom is 0.416 e. The van der Waals surface area contributed by atoms with E-state index in [9.17, 15) is 27.9 Å². The minimum atomic E-state index is -4.64. The molecule has 1 fully saturated rings. The third kappa shape index (κ3) is 4.31. The SMILES string of the molecule is COc1ccc(C(O)=C2C(=O)C(=O)N(c3cccc(C(F)(F)F)c3)[C@@H]2c2ccc(Br)cc2)cc1. The van der Waals surface area contributed by atoms with Gasteiger partial charge in [-0.15, -0.1) is 0 Å². The fourth-order valence-corrected chi connectivity index (χ4v) is 4.06. The van der Waals surface area contributed by atoms with Crippen LogP contribution < -0.4 is 9.64 Å². The molecule has 34 heavy (non-hydrogen) atoms. The van der Waals surface area contributed by atoms with E-state index in [2.05, 4.69) is 15.9 Å². The number of hydrogen-bond acceptors (Lipinski definition) is 4. The summed E-state index contributed by atoms with van der Waals surface area (Å²) >= 11 is 3.32. The van der Waals surface area contributed by atoms with Crippen molar-refractivity contribution in [3.8, 4) is 5.75 Å². The minimum absolute atomic E-state index is 0.112. The van der Waals surface area contributed by atoms with E-state index in [-0.39, 0.29) is 16.8 Å². The van der Waals surface area contributed by atoms with E-state index < -0.39 is 35.2 Å². The van der Waals surface area contributed by atoms with Gasteiger partial charge in [-0.1, -0.05) is 34.1 Å². The van der Waals surface area contributed by atoms with E-state index in [4.69, 9.17) is 4.74 Å². The van der Waals surface area contributed by atoms with Gasteiger partial charge in [-0.05, 0) is 60.2 Å². The first-order valence-electron chi connectivity index (χ1n) is 10.00. The van der Waals surface area contributed by atoms with Crippen LogP contribution in [0.15, 0.2) is 82.8 Å². The summed E-state index contributed by atoms with van der Waals surface area (Å²) < 4.78 is 45.9. The number of rotatable bonds is 4. The predicted molar refractivity (Wildman–Crippen MR) is 123 cm³/mol. The first-order chi connectivity index (χ1) is 16.1. The lowest BCUT2D eigenvalue weighted by Gasteiger charge is -2.26. The number of Topliss-reactive ketones (excluding diaryl/α,β-unsaturated/α-hetero) is 1. The highest BCUT2D eigenvalue weighted by atomic mass is 79.9. The van der Waals surface area contributed by atoms with Crippen LogP contribution in [0.4, 0.5) is 18.9 Å². The summed E-state index contributed by atoms with van der Waals surface area (Å²) in [6.45, 7) is 0. The fraction of sp³-hybridized carbons (Fsp3) is 0.120. The van der Waals surface area contributed by atoms with Gasteiger partial charge < -0.3 is 9.84 Å². The summed E-state index contributed by atoms with van der Waals surface area (Å²) in [6.07, 6.45) is -4.64. The number of amides is 1. The quantitative estimate of drug-likeness (QED) is 0.251. The van der Waals surface area contributed by atoms with Crippen molar-refractivity contribution < 1.29 is 32.6 Å². The Bertz CT molecular complexity index is 1280. The second-order valence-corrected chi connectivity index (χ2v) is 8.41. The standard InChI is InChI=1S/C25H17BrF3NO4/c1-34-19-11-7-15(8-12-19)22(31)20-21(14-5-9-17(26)10-6-14)30(24(33)23(20)32)18-4-2-3-16(13-18)25(27,28)29/h2-13,21,31H,1H3/t21-/m1/s1. The van der Waals surface area contributed by atoms with Gasteiger partial charge in [-0.3, -0.25) is 14.5 Å². The molecule has 9 heteroatoms. The molecule has 1 aliphatic rings. The molecule has 4 rings (SSSR count). The lowest BCUT2D eigenvalue weighted by Crippen LogP contribution is -2.29. The molecule has 0 aromatic heterocycles. The minimum Gasteiger partial charge on any atom is -0.507 e. The number of nitrogens with zero attached hydrogens (tertiary/aromatic N) is 1. The highest BCUT2D eigenvalue weighted by molar-refractivity contribution is 9.10. The lowest BCUT2D eigenvalue weighted by molar-refractivity contribution is -0.137. The van der Waals surface area contributed by atoms with E-state index in [1.54, 1.807) is 36.4 Å². The summed E-state index contributed by atoms with van der Waals surface area (Å²) in [7, 11) is 1.48. The van der Waals surface area contributed by atoms with Gasteiger partial charge in [0.2, 0.25) is 0 Å². The summed E-state index contributed by atoms with van der Waals surface area (Å²) in [5.41, 5.74) is -0.607. The van der Waals surface area contributed by atoms with Gasteiger partial charge in [0.1, 0.15) is 11.5 Å². The number of anilines is 1. The van der Waals surface area contributed by atoms with Crippen LogP contribution in [0, 0.1) is 0 Å². The third-order valence-corrected chi connectivity index (χ3v) is 5.97. The van der Waals surface area contributed by atoms with Crippen molar-refractivity contribution in [3.63, 3.8) is 0 Å². The number of ether oxygens (including phenoxy) is 1. The Morgan fingerprint density at radius 1 is 1.00 bits per heavy atom. The first kappa shape index (κ1) is 23.6. The molecule has 1 atom stereocenters. The van der Waals surface area contributed by atoms with Crippen LogP contribution in [0.2, 0.25) is 0 Å². The smallest absolute Gasteiger partial charge is 0.416 e. The maximum absolute atomic E-state index is 13.3. The summed E-state index contributed by atoms with van der Waals surface area (Å²) in [5.74, 6) is -1.96. The zero-order valence-electron chi connectivity index (χ0n) is 17.6. The van der Waals surface area contributed by atoms with E-state index in [0.717, 1.165) is 21.5 Å². The number of ketones is 1. The van der Waals surface area contributed by atoms with Crippen LogP contribution in [0.25, 0.3) is 5.76 Å². The van der Waals surface area contributed by atoms with E-state index in [0.29, 0.717) is 11.3 Å². The van der Waals surface area contributed by atoms with E-state index >= 15 is 0 Å². The van der Waals surface area contributed by atoms with Crippen LogP contribution >= 0.6 is 15.9 Å². The van der Waals surface area contributed by atoms with Crippen molar-refractivity contribution in [1.82, 2.24) is 0 Å². The van der Waals surface area contributed by atoms with Crippen LogP contribution in [0.1, 0.15) is 22.7 Å². The van der Waals surface area contributed by atoms with Gasteiger partial charge in [0.05, 0.1) is 24.3 Å². The van der Waals surface area contributed by atoms with Crippen LogP contribution in [-0.4, -0.2) is 23.9 Å². The molecule has 1 N–H and O–H groups in total. The molecule has 0 unspecified atom stereocenters. The second kappa shape index (κ2) is 8.98. The molecule has 0 aliphatic carbocycles. The number of alkyl halides is 3. The largest absolute Gasteiger partial charge is 0.507 e. The number of hydrogen-bond donors (Lipinski definition) is 1. The Morgan fingerprint density at radius 3 is 2.24 bits per heavy atom. The van der Waals surface area contributed by atoms with Crippen LogP contribution in [0.5, 0.6) is 5.75 Å². The Kier molecular flexibility index (Phi) is 6.22. The molecular weight excluding hydrogens is 515 g/mol. The van der Waals surface area contributed by atoms with E-state index in [1.165, 1.54) is 31.4 Å². The van der Waals surface area contributed by atoms with Gasteiger partial charge in [-0.25, -0.2) is 0 Å². The Balaban J connectivity index is 1.92. The lowest BCUT2D eigenvalue weighted by atomic mass is 9.95. The van der Waals surface area contributed by atoms with Crippen molar-refractivity contribution >= 4 is 39.1 Å². The van der Waals surface area contributed by atoms with Gasteiger partial charge in [-0.2, -0.15) is 13.2 Å². The topological polar surface area (TPSA) is 66.8 Å². The maximum atomic E-state index is 13.3. The van der Waals surface area contributed by atoms with Gasteiger partial charge >= 0.3 is 6.18 Å². The Labute approximate surface area is 201 Å². The van der Waals surface area contributed by atoms with Crippen molar-refractivity contribution in [2.24, 2.45) is 0 Å². The number of benzene rings is 3. The van der Waals surface area contributed by atoms with Gasteiger partial charge in [0.25, 0.3) is 11.7 Å². The second-order valence-electron chi connectivity index (χ2n) is 7.50.